The van der Waals surface area contributed by atoms with E-state index in [0.29, 0.717) is 24.8 Å². The Morgan fingerprint density at radius 3 is 2.87 bits per heavy atom. The summed E-state index contributed by atoms with van der Waals surface area (Å²) >= 11 is 0. The van der Waals surface area contributed by atoms with Gasteiger partial charge in [-0.1, -0.05) is 18.9 Å². The molecular formula is C17H20N4O2. The first-order valence-corrected chi connectivity index (χ1v) is 8.25. The highest BCUT2D eigenvalue weighted by Gasteiger charge is 2.38. The molecule has 120 valence electrons. The molecule has 23 heavy (non-hydrogen) atoms. The molecule has 2 aliphatic rings. The molecule has 1 aliphatic heterocycles. The molecule has 3 heterocycles. The van der Waals surface area contributed by atoms with Crippen LogP contribution in [0.2, 0.25) is 0 Å². The molecule has 0 aromatic carbocycles. The number of aromatic nitrogens is 2. The first-order chi connectivity index (χ1) is 11.2. The third-order valence-electron chi connectivity index (χ3n) is 4.91. The van der Waals surface area contributed by atoms with Crippen LogP contribution in [0.25, 0.3) is 5.65 Å². The number of rotatable bonds is 3. The number of carbonyl (C=O) groups is 2. The Bertz CT molecular complexity index is 715. The monoisotopic (exact) mass is 312 g/mol. The molecule has 0 spiro atoms. The van der Waals surface area contributed by atoms with Crippen LogP contribution < -0.4 is 5.32 Å². The summed E-state index contributed by atoms with van der Waals surface area (Å²) in [5.41, 5.74) is 0.790. The topological polar surface area (TPSA) is 66.7 Å². The van der Waals surface area contributed by atoms with E-state index in [4.69, 9.17) is 0 Å². The normalized spacial score (nSPS) is 22.2. The Hall–Kier alpha value is -2.37. The number of hydrogen-bond acceptors (Lipinski definition) is 3. The summed E-state index contributed by atoms with van der Waals surface area (Å²) in [4.78, 5) is 30.9. The zero-order valence-corrected chi connectivity index (χ0v) is 12.9. The lowest BCUT2D eigenvalue weighted by atomic mass is 10.1. The second-order valence-electron chi connectivity index (χ2n) is 6.47. The van der Waals surface area contributed by atoms with Crippen LogP contribution in [0.3, 0.4) is 0 Å². The molecule has 2 aromatic heterocycles. The van der Waals surface area contributed by atoms with Gasteiger partial charge in [0.25, 0.3) is 0 Å². The summed E-state index contributed by atoms with van der Waals surface area (Å²) in [5.74, 6) is 0.273. The van der Waals surface area contributed by atoms with Crippen LogP contribution in [0.15, 0.2) is 30.6 Å². The van der Waals surface area contributed by atoms with Crippen molar-refractivity contribution in [2.75, 3.05) is 11.9 Å². The lowest BCUT2D eigenvalue weighted by Crippen LogP contribution is -2.35. The summed E-state index contributed by atoms with van der Waals surface area (Å²) in [7, 11) is 0. The van der Waals surface area contributed by atoms with Crippen LogP contribution in [0.5, 0.6) is 0 Å². The van der Waals surface area contributed by atoms with Gasteiger partial charge >= 0.3 is 0 Å². The van der Waals surface area contributed by atoms with E-state index in [1.54, 1.807) is 6.20 Å². The Morgan fingerprint density at radius 2 is 2.09 bits per heavy atom. The van der Waals surface area contributed by atoms with Crippen molar-refractivity contribution in [3.05, 3.63) is 30.6 Å². The number of imidazole rings is 1. The second kappa shape index (κ2) is 5.68. The average molecular weight is 312 g/mol. The summed E-state index contributed by atoms with van der Waals surface area (Å²) in [5, 5.41) is 2.86. The van der Waals surface area contributed by atoms with Crippen LogP contribution in [0, 0.1) is 5.92 Å². The fraction of sp³-hybridized carbons (Fsp3) is 0.471. The molecule has 0 radical (unpaired) electrons. The van der Waals surface area contributed by atoms with Crippen molar-refractivity contribution < 1.29 is 9.59 Å². The molecule has 0 bridgehead atoms. The number of pyridine rings is 1. The summed E-state index contributed by atoms with van der Waals surface area (Å²) in [6, 6.07) is 6.05. The smallest absolute Gasteiger partial charge is 0.230 e. The SMILES string of the molecule is O=C(Nc1cn2ccccc2n1)C1CC(=O)N(C2CCCC2)C1. The Balaban J connectivity index is 1.44. The standard InChI is InChI=1S/C17H20N4O2/c22-16-9-12(10-21(16)13-5-1-2-6-13)17(23)19-14-11-20-8-4-3-7-15(20)18-14/h3-4,7-8,11-13H,1-2,5-6,9-10H2,(H,19,23). The highest BCUT2D eigenvalue weighted by Crippen LogP contribution is 2.29. The maximum atomic E-state index is 12.5. The molecule has 1 unspecified atom stereocenters. The number of carbonyl (C=O) groups excluding carboxylic acids is 2. The van der Waals surface area contributed by atoms with Gasteiger partial charge in [0.05, 0.1) is 12.1 Å². The maximum absolute atomic E-state index is 12.5. The van der Waals surface area contributed by atoms with E-state index in [-0.39, 0.29) is 17.7 Å². The number of nitrogens with one attached hydrogen (secondary N) is 1. The van der Waals surface area contributed by atoms with E-state index in [2.05, 4.69) is 10.3 Å². The summed E-state index contributed by atoms with van der Waals surface area (Å²) < 4.78 is 1.86. The fourth-order valence-corrected chi connectivity index (χ4v) is 3.70. The maximum Gasteiger partial charge on any atom is 0.230 e. The minimum Gasteiger partial charge on any atom is -0.339 e. The van der Waals surface area contributed by atoms with E-state index < -0.39 is 0 Å². The van der Waals surface area contributed by atoms with Crippen molar-refractivity contribution in [3.63, 3.8) is 0 Å². The number of likely N-dealkylation sites (tertiary alicyclic amines) is 1. The number of anilines is 1. The Kier molecular flexibility index (Phi) is 3.52. The van der Waals surface area contributed by atoms with Crippen molar-refractivity contribution >= 4 is 23.3 Å². The van der Waals surface area contributed by atoms with Crippen LogP contribution in [-0.4, -0.2) is 38.7 Å². The molecule has 1 atom stereocenters. The van der Waals surface area contributed by atoms with Gasteiger partial charge < -0.3 is 14.6 Å². The van der Waals surface area contributed by atoms with Gasteiger partial charge in [0.2, 0.25) is 11.8 Å². The van der Waals surface area contributed by atoms with Gasteiger partial charge in [0, 0.05) is 25.2 Å². The molecule has 1 saturated carbocycles. The number of amides is 2. The first kappa shape index (κ1) is 14.2. The van der Waals surface area contributed by atoms with Crippen molar-refractivity contribution in [1.82, 2.24) is 14.3 Å². The minimum atomic E-state index is -0.270. The molecule has 1 aliphatic carbocycles. The number of nitrogens with zero attached hydrogens (tertiary/aromatic N) is 3. The average Bonchev–Trinajstić information content (AvgIpc) is 3.24. The van der Waals surface area contributed by atoms with Gasteiger partial charge in [0.1, 0.15) is 5.65 Å². The van der Waals surface area contributed by atoms with Crippen molar-refractivity contribution in [2.24, 2.45) is 5.92 Å². The molecule has 2 fully saturated rings. The highest BCUT2D eigenvalue weighted by molar-refractivity contribution is 5.96. The van der Waals surface area contributed by atoms with E-state index >= 15 is 0 Å². The van der Waals surface area contributed by atoms with Gasteiger partial charge in [0.15, 0.2) is 5.82 Å². The molecule has 4 rings (SSSR count). The van der Waals surface area contributed by atoms with E-state index in [1.165, 1.54) is 12.8 Å². The quantitative estimate of drug-likeness (QED) is 0.943. The second-order valence-corrected chi connectivity index (χ2v) is 6.47. The lowest BCUT2D eigenvalue weighted by Gasteiger charge is -2.23. The molecule has 6 nitrogen and oxygen atoms in total. The Morgan fingerprint density at radius 1 is 1.26 bits per heavy atom. The molecule has 1 N–H and O–H groups in total. The third-order valence-corrected chi connectivity index (χ3v) is 4.91. The number of fused-ring (bicyclic) bond motifs is 1. The predicted molar refractivity (Wildman–Crippen MR) is 85.9 cm³/mol. The molecule has 2 aromatic rings. The molecular weight excluding hydrogens is 292 g/mol. The molecule has 2 amide bonds. The van der Waals surface area contributed by atoms with Crippen LogP contribution >= 0.6 is 0 Å². The van der Waals surface area contributed by atoms with E-state index in [1.807, 2.05) is 33.7 Å². The van der Waals surface area contributed by atoms with E-state index in [0.717, 1.165) is 18.5 Å². The zero-order chi connectivity index (χ0) is 15.8. The van der Waals surface area contributed by atoms with Gasteiger partial charge in [-0.05, 0) is 25.0 Å². The summed E-state index contributed by atoms with van der Waals surface area (Å²) in [6.45, 7) is 0.544. The lowest BCUT2D eigenvalue weighted by molar-refractivity contribution is -0.129. The number of hydrogen-bond donors (Lipinski definition) is 1. The van der Waals surface area contributed by atoms with Gasteiger partial charge in [-0.3, -0.25) is 9.59 Å². The fourth-order valence-electron chi connectivity index (χ4n) is 3.70. The highest BCUT2D eigenvalue weighted by atomic mass is 16.2. The van der Waals surface area contributed by atoms with Crippen molar-refractivity contribution in [2.45, 2.75) is 38.1 Å². The molecule has 6 heteroatoms. The first-order valence-electron chi connectivity index (χ1n) is 8.25. The van der Waals surface area contributed by atoms with Gasteiger partial charge in [-0.15, -0.1) is 0 Å². The third kappa shape index (κ3) is 2.69. The molecule has 1 saturated heterocycles. The van der Waals surface area contributed by atoms with Crippen LogP contribution in [0.4, 0.5) is 5.82 Å². The van der Waals surface area contributed by atoms with Crippen LogP contribution in [0.1, 0.15) is 32.1 Å². The summed E-state index contributed by atoms with van der Waals surface area (Å²) in [6.07, 6.45) is 8.52. The van der Waals surface area contributed by atoms with E-state index in [9.17, 15) is 9.59 Å². The minimum absolute atomic E-state index is 0.109. The van der Waals surface area contributed by atoms with Gasteiger partial charge in [-0.25, -0.2) is 4.98 Å². The van der Waals surface area contributed by atoms with Crippen molar-refractivity contribution in [3.8, 4) is 0 Å². The van der Waals surface area contributed by atoms with Crippen LogP contribution in [-0.2, 0) is 9.59 Å². The van der Waals surface area contributed by atoms with Crippen molar-refractivity contribution in [1.29, 1.82) is 0 Å². The van der Waals surface area contributed by atoms with Gasteiger partial charge in [-0.2, -0.15) is 0 Å². The largest absolute Gasteiger partial charge is 0.339 e. The zero-order valence-electron chi connectivity index (χ0n) is 12.9. The predicted octanol–water partition coefficient (Wildman–Crippen LogP) is 2.06. The Labute approximate surface area is 134 Å².